The van der Waals surface area contributed by atoms with Gasteiger partial charge in [-0.2, -0.15) is 18.4 Å². The van der Waals surface area contributed by atoms with E-state index in [-0.39, 0.29) is 11.7 Å². The first-order valence-electron chi connectivity index (χ1n) is 13.0. The SMILES string of the molecule is N#Cc1cccc(-c2ccc(N(C(=O)Nc3ccc(F)c(C(F)(F)F)c3)C3CCN(CC4CC4)CC3)cc2)c1. The lowest BCUT2D eigenvalue weighted by atomic mass is 10.0. The van der Waals surface area contributed by atoms with Gasteiger partial charge in [-0.3, -0.25) is 4.90 Å². The van der Waals surface area contributed by atoms with Crippen molar-refractivity contribution in [3.63, 3.8) is 0 Å². The predicted octanol–water partition coefficient (Wildman–Crippen LogP) is 7.30. The monoisotopic (exact) mass is 536 g/mol. The van der Waals surface area contributed by atoms with Crippen molar-refractivity contribution < 1.29 is 22.4 Å². The summed E-state index contributed by atoms with van der Waals surface area (Å²) in [5, 5.41) is 11.8. The fourth-order valence-corrected chi connectivity index (χ4v) is 5.11. The highest BCUT2D eigenvalue weighted by Gasteiger charge is 2.35. The van der Waals surface area contributed by atoms with Crippen LogP contribution in [0.5, 0.6) is 0 Å². The summed E-state index contributed by atoms with van der Waals surface area (Å²) >= 11 is 0. The van der Waals surface area contributed by atoms with Crippen molar-refractivity contribution in [3.8, 4) is 17.2 Å². The van der Waals surface area contributed by atoms with E-state index < -0.39 is 23.6 Å². The lowest BCUT2D eigenvalue weighted by molar-refractivity contribution is -0.139. The lowest BCUT2D eigenvalue weighted by Gasteiger charge is -2.38. The van der Waals surface area contributed by atoms with Crippen LogP contribution in [0, 0.1) is 23.1 Å². The van der Waals surface area contributed by atoms with E-state index in [9.17, 15) is 27.6 Å². The normalized spacial score (nSPS) is 16.5. The summed E-state index contributed by atoms with van der Waals surface area (Å²) < 4.78 is 53.6. The summed E-state index contributed by atoms with van der Waals surface area (Å²) in [6.07, 6.45) is -0.907. The molecule has 202 valence electrons. The van der Waals surface area contributed by atoms with E-state index in [0.717, 1.165) is 55.6 Å². The van der Waals surface area contributed by atoms with E-state index in [1.807, 2.05) is 18.2 Å². The van der Waals surface area contributed by atoms with E-state index in [0.29, 0.717) is 23.4 Å². The van der Waals surface area contributed by atoms with Crippen molar-refractivity contribution in [3.05, 3.63) is 83.7 Å². The Morgan fingerprint density at radius 1 is 0.974 bits per heavy atom. The Labute approximate surface area is 224 Å². The minimum atomic E-state index is -4.88. The molecule has 1 saturated heterocycles. The summed E-state index contributed by atoms with van der Waals surface area (Å²) in [5.41, 5.74) is 1.30. The molecule has 1 aliphatic heterocycles. The van der Waals surface area contributed by atoms with Crippen LogP contribution in [0.4, 0.5) is 33.7 Å². The molecule has 0 unspecified atom stereocenters. The molecule has 0 bridgehead atoms. The average Bonchev–Trinajstić information content (AvgIpc) is 3.75. The van der Waals surface area contributed by atoms with Gasteiger partial charge in [0, 0.05) is 37.1 Å². The highest BCUT2D eigenvalue weighted by Crippen LogP contribution is 2.35. The summed E-state index contributed by atoms with van der Waals surface area (Å²) in [6.45, 7) is 2.72. The number of alkyl halides is 3. The number of nitriles is 1. The van der Waals surface area contributed by atoms with Crippen molar-refractivity contribution in [2.75, 3.05) is 29.9 Å². The standard InChI is InChI=1S/C30H28F4N4O/c31-28-11-8-24(17-27(28)30(32,33)34)36-29(39)38(26-12-14-37(15-13-26)19-20-4-5-20)25-9-6-22(7-10-25)23-3-1-2-21(16-23)18-35/h1-3,6-11,16-17,20,26H,4-5,12-15,19H2,(H,36,39). The summed E-state index contributed by atoms with van der Waals surface area (Å²) in [6, 6.07) is 18.4. The largest absolute Gasteiger partial charge is 0.419 e. The van der Waals surface area contributed by atoms with Crippen molar-refractivity contribution in [1.29, 1.82) is 5.26 Å². The second-order valence-electron chi connectivity index (χ2n) is 10.2. The van der Waals surface area contributed by atoms with Crippen LogP contribution in [0.3, 0.4) is 0 Å². The molecular formula is C30H28F4N4O. The van der Waals surface area contributed by atoms with Gasteiger partial charge in [0.1, 0.15) is 5.82 Å². The number of hydrogen-bond donors (Lipinski definition) is 1. The van der Waals surface area contributed by atoms with Gasteiger partial charge in [0.15, 0.2) is 0 Å². The maximum absolute atomic E-state index is 13.8. The molecule has 39 heavy (non-hydrogen) atoms. The van der Waals surface area contributed by atoms with Crippen LogP contribution >= 0.6 is 0 Å². The lowest BCUT2D eigenvalue weighted by Crippen LogP contribution is -2.49. The third-order valence-corrected chi connectivity index (χ3v) is 7.35. The Bertz CT molecular complexity index is 1370. The average molecular weight is 537 g/mol. The number of hydrogen-bond acceptors (Lipinski definition) is 3. The van der Waals surface area contributed by atoms with Crippen molar-refractivity contribution in [2.24, 2.45) is 5.92 Å². The highest BCUT2D eigenvalue weighted by atomic mass is 19.4. The molecule has 5 nitrogen and oxygen atoms in total. The molecule has 5 rings (SSSR count). The zero-order chi connectivity index (χ0) is 27.6. The summed E-state index contributed by atoms with van der Waals surface area (Å²) in [5.74, 6) is -0.634. The van der Waals surface area contributed by atoms with E-state index in [1.54, 1.807) is 35.2 Å². The zero-order valence-electron chi connectivity index (χ0n) is 21.2. The molecule has 1 saturated carbocycles. The number of anilines is 2. The van der Waals surface area contributed by atoms with Crippen molar-refractivity contribution in [1.82, 2.24) is 4.90 Å². The molecule has 0 aromatic heterocycles. The van der Waals surface area contributed by atoms with Gasteiger partial charge in [-0.15, -0.1) is 0 Å². The third-order valence-electron chi connectivity index (χ3n) is 7.35. The smallest absolute Gasteiger partial charge is 0.308 e. The Kier molecular flexibility index (Phi) is 7.58. The van der Waals surface area contributed by atoms with E-state index in [1.165, 1.54) is 12.8 Å². The van der Waals surface area contributed by atoms with E-state index in [4.69, 9.17) is 0 Å². The number of nitrogens with one attached hydrogen (secondary N) is 1. The maximum atomic E-state index is 13.8. The van der Waals surface area contributed by atoms with Crippen LogP contribution in [0.2, 0.25) is 0 Å². The minimum absolute atomic E-state index is 0.130. The number of rotatable bonds is 6. The number of piperidine rings is 1. The van der Waals surface area contributed by atoms with E-state index >= 15 is 0 Å². The topological polar surface area (TPSA) is 59.4 Å². The number of urea groups is 1. The minimum Gasteiger partial charge on any atom is -0.308 e. The van der Waals surface area contributed by atoms with Crippen LogP contribution < -0.4 is 10.2 Å². The molecule has 3 aromatic carbocycles. The second kappa shape index (κ2) is 11.1. The highest BCUT2D eigenvalue weighted by molar-refractivity contribution is 6.02. The quantitative estimate of drug-likeness (QED) is 0.337. The van der Waals surface area contributed by atoms with Gasteiger partial charge < -0.3 is 10.2 Å². The molecule has 1 heterocycles. The first-order chi connectivity index (χ1) is 18.7. The van der Waals surface area contributed by atoms with Gasteiger partial charge in [0.25, 0.3) is 0 Å². The Morgan fingerprint density at radius 2 is 1.69 bits per heavy atom. The number of likely N-dealkylation sites (tertiary alicyclic amines) is 1. The molecule has 2 fully saturated rings. The number of carbonyl (C=O) groups excluding carboxylic acids is 1. The number of carbonyl (C=O) groups is 1. The number of nitrogens with zero attached hydrogens (tertiary/aromatic N) is 3. The van der Waals surface area contributed by atoms with Crippen LogP contribution in [-0.2, 0) is 6.18 Å². The Balaban J connectivity index is 1.40. The van der Waals surface area contributed by atoms with Gasteiger partial charge in [-0.25, -0.2) is 9.18 Å². The van der Waals surface area contributed by atoms with Crippen LogP contribution in [0.25, 0.3) is 11.1 Å². The van der Waals surface area contributed by atoms with Crippen LogP contribution in [0.15, 0.2) is 66.7 Å². The van der Waals surface area contributed by atoms with Gasteiger partial charge in [0.05, 0.1) is 17.2 Å². The number of halogens is 4. The van der Waals surface area contributed by atoms with Gasteiger partial charge in [-0.1, -0.05) is 24.3 Å². The molecule has 2 aliphatic rings. The molecule has 1 N–H and O–H groups in total. The number of benzene rings is 3. The molecular weight excluding hydrogens is 508 g/mol. The molecule has 2 amide bonds. The van der Waals surface area contributed by atoms with Gasteiger partial charge in [0.2, 0.25) is 0 Å². The Hall–Kier alpha value is -3.90. The van der Waals surface area contributed by atoms with Crippen LogP contribution in [-0.4, -0.2) is 36.6 Å². The molecule has 3 aromatic rings. The first-order valence-corrected chi connectivity index (χ1v) is 13.0. The van der Waals surface area contributed by atoms with E-state index in [2.05, 4.69) is 16.3 Å². The zero-order valence-corrected chi connectivity index (χ0v) is 21.2. The summed E-state index contributed by atoms with van der Waals surface area (Å²) in [4.78, 5) is 17.6. The van der Waals surface area contributed by atoms with Gasteiger partial charge in [-0.05, 0) is 85.2 Å². The van der Waals surface area contributed by atoms with Crippen LogP contribution in [0.1, 0.15) is 36.8 Å². The fourth-order valence-electron chi connectivity index (χ4n) is 5.11. The Morgan fingerprint density at radius 3 is 2.33 bits per heavy atom. The van der Waals surface area contributed by atoms with Crippen molar-refractivity contribution in [2.45, 2.75) is 37.9 Å². The predicted molar refractivity (Wildman–Crippen MR) is 142 cm³/mol. The molecule has 0 spiro atoms. The molecule has 1 aliphatic carbocycles. The second-order valence-corrected chi connectivity index (χ2v) is 10.2. The number of amides is 2. The van der Waals surface area contributed by atoms with Gasteiger partial charge >= 0.3 is 12.2 Å². The first kappa shape index (κ1) is 26.7. The molecule has 0 atom stereocenters. The molecule has 9 heteroatoms. The fraction of sp³-hybridized carbons (Fsp3) is 0.333. The maximum Gasteiger partial charge on any atom is 0.419 e. The third kappa shape index (κ3) is 6.40. The van der Waals surface area contributed by atoms with Crippen molar-refractivity contribution >= 4 is 17.4 Å². The molecule has 0 radical (unpaired) electrons. The summed E-state index contributed by atoms with van der Waals surface area (Å²) in [7, 11) is 0.